The average molecular weight is 302 g/mol. The van der Waals surface area contributed by atoms with E-state index in [1.165, 1.54) is 25.7 Å². The van der Waals surface area contributed by atoms with Crippen molar-refractivity contribution < 1.29 is 8.42 Å². The third-order valence-corrected chi connectivity index (χ3v) is 7.63. The van der Waals surface area contributed by atoms with Crippen molar-refractivity contribution in [3.63, 3.8) is 0 Å². The van der Waals surface area contributed by atoms with E-state index in [0.717, 1.165) is 30.3 Å². The summed E-state index contributed by atoms with van der Waals surface area (Å²) in [5, 5.41) is 4.33. The van der Waals surface area contributed by atoms with Crippen molar-refractivity contribution in [1.82, 2.24) is 5.32 Å². The van der Waals surface area contributed by atoms with E-state index < -0.39 is 9.84 Å². The van der Waals surface area contributed by atoms with Crippen LogP contribution in [0.1, 0.15) is 38.5 Å². The summed E-state index contributed by atoms with van der Waals surface area (Å²) in [4.78, 5) is 4.68. The minimum absolute atomic E-state index is 0.0719. The van der Waals surface area contributed by atoms with Crippen LogP contribution >= 0.6 is 11.8 Å². The Bertz CT molecular complexity index is 467. The third-order valence-electron chi connectivity index (χ3n) is 4.53. The highest BCUT2D eigenvalue weighted by atomic mass is 32.2. The van der Waals surface area contributed by atoms with Gasteiger partial charge in [-0.25, -0.2) is 8.42 Å². The van der Waals surface area contributed by atoms with E-state index >= 15 is 0 Å². The third kappa shape index (κ3) is 3.27. The lowest BCUT2D eigenvalue weighted by Gasteiger charge is -2.33. The first-order chi connectivity index (χ1) is 9.07. The quantitative estimate of drug-likeness (QED) is 0.802. The van der Waals surface area contributed by atoms with Gasteiger partial charge >= 0.3 is 0 Å². The van der Waals surface area contributed by atoms with E-state index in [-0.39, 0.29) is 11.8 Å². The highest BCUT2D eigenvalue weighted by molar-refractivity contribution is 8.13. The molecule has 108 valence electrons. The van der Waals surface area contributed by atoms with Gasteiger partial charge in [0.1, 0.15) is 0 Å². The van der Waals surface area contributed by atoms with Crippen molar-refractivity contribution in [3.8, 4) is 0 Å². The summed E-state index contributed by atoms with van der Waals surface area (Å²) in [5.74, 6) is 1.78. The number of sulfone groups is 1. The summed E-state index contributed by atoms with van der Waals surface area (Å²) >= 11 is 1.80. The molecule has 1 spiro atoms. The van der Waals surface area contributed by atoms with Gasteiger partial charge in [-0.05, 0) is 31.1 Å². The van der Waals surface area contributed by atoms with Crippen molar-refractivity contribution in [2.45, 2.75) is 44.6 Å². The molecule has 0 aromatic carbocycles. The fourth-order valence-corrected chi connectivity index (χ4v) is 6.24. The predicted molar refractivity (Wildman–Crippen MR) is 80.5 cm³/mol. The molecule has 3 rings (SSSR count). The number of aliphatic imine (C=N–C) groups is 1. The van der Waals surface area contributed by atoms with Crippen molar-refractivity contribution in [3.05, 3.63) is 0 Å². The van der Waals surface area contributed by atoms with Gasteiger partial charge in [0.05, 0.1) is 11.5 Å². The van der Waals surface area contributed by atoms with E-state index in [4.69, 9.17) is 0 Å². The lowest BCUT2D eigenvalue weighted by atomic mass is 9.89. The molecule has 3 aliphatic rings. The van der Waals surface area contributed by atoms with Crippen LogP contribution in [0.4, 0.5) is 0 Å². The van der Waals surface area contributed by atoms with E-state index in [2.05, 4.69) is 10.3 Å². The maximum Gasteiger partial charge on any atom is 0.156 e. The Balaban J connectivity index is 1.58. The van der Waals surface area contributed by atoms with Gasteiger partial charge in [0.2, 0.25) is 0 Å². The Morgan fingerprint density at radius 1 is 1.26 bits per heavy atom. The Hall–Kier alpha value is -0.230. The normalized spacial score (nSPS) is 33.1. The van der Waals surface area contributed by atoms with Crippen LogP contribution < -0.4 is 5.32 Å². The van der Waals surface area contributed by atoms with Crippen molar-refractivity contribution in [1.29, 1.82) is 0 Å². The summed E-state index contributed by atoms with van der Waals surface area (Å²) in [6, 6.07) is 0.0719. The number of amidine groups is 1. The maximum absolute atomic E-state index is 11.6. The van der Waals surface area contributed by atoms with Crippen LogP contribution in [0.2, 0.25) is 0 Å². The van der Waals surface area contributed by atoms with Crippen LogP contribution in [-0.2, 0) is 9.84 Å². The molecule has 0 amide bonds. The second-order valence-corrected chi connectivity index (χ2v) is 9.41. The smallest absolute Gasteiger partial charge is 0.156 e. The van der Waals surface area contributed by atoms with Gasteiger partial charge in [-0.15, -0.1) is 0 Å². The molecule has 1 N–H and O–H groups in total. The van der Waals surface area contributed by atoms with Crippen LogP contribution in [0.3, 0.4) is 0 Å². The molecule has 2 fully saturated rings. The molecule has 0 aromatic rings. The molecular formula is C13H22N2O2S2. The van der Waals surface area contributed by atoms with Crippen LogP contribution in [-0.4, -0.2) is 43.4 Å². The van der Waals surface area contributed by atoms with Gasteiger partial charge in [0.15, 0.2) is 15.0 Å². The topological polar surface area (TPSA) is 58.5 Å². The first-order valence-corrected chi connectivity index (χ1v) is 10.0. The molecular weight excluding hydrogens is 280 g/mol. The molecule has 1 saturated carbocycles. The zero-order valence-electron chi connectivity index (χ0n) is 11.2. The lowest BCUT2D eigenvalue weighted by molar-refractivity contribution is 0.358. The van der Waals surface area contributed by atoms with Gasteiger partial charge in [0.25, 0.3) is 0 Å². The molecule has 4 nitrogen and oxygen atoms in total. The molecule has 19 heavy (non-hydrogen) atoms. The number of hydrogen-bond acceptors (Lipinski definition) is 5. The number of nitrogens with zero attached hydrogens (tertiary/aromatic N) is 1. The summed E-state index contributed by atoms with van der Waals surface area (Å²) in [6.45, 7) is 0.932. The minimum Gasteiger partial charge on any atom is -0.361 e. The monoisotopic (exact) mass is 302 g/mol. The van der Waals surface area contributed by atoms with Crippen LogP contribution in [0.5, 0.6) is 0 Å². The van der Waals surface area contributed by atoms with Gasteiger partial charge in [-0.1, -0.05) is 24.6 Å². The lowest BCUT2D eigenvalue weighted by Crippen LogP contribution is -2.44. The van der Waals surface area contributed by atoms with Crippen LogP contribution in [0, 0.1) is 5.41 Å². The molecule has 1 saturated heterocycles. The first-order valence-electron chi connectivity index (χ1n) is 7.21. The number of rotatable bonds is 1. The molecule has 1 atom stereocenters. The molecule has 1 unspecified atom stereocenters. The molecule has 0 aromatic heterocycles. The standard InChI is InChI=1S/C13H22N2O2S2/c16-19(17)7-3-4-11(8-19)15-12-14-9-13(10-18-12)5-1-2-6-13/h11H,1-10H2,(H,14,15). The Labute approximate surface area is 119 Å². The van der Waals surface area contributed by atoms with E-state index in [9.17, 15) is 8.42 Å². The SMILES string of the molecule is O=S1(=O)CCCC(NC2=NCC3(CCCC3)CS2)C1. The van der Waals surface area contributed by atoms with Crippen molar-refractivity contribution in [2.75, 3.05) is 23.8 Å². The predicted octanol–water partition coefficient (Wildman–Crippen LogP) is 1.82. The maximum atomic E-state index is 11.6. The highest BCUT2D eigenvalue weighted by Gasteiger charge is 2.37. The summed E-state index contributed by atoms with van der Waals surface area (Å²) in [5.41, 5.74) is 0.453. The minimum atomic E-state index is -2.83. The van der Waals surface area contributed by atoms with Gasteiger partial charge < -0.3 is 5.32 Å². The van der Waals surface area contributed by atoms with Crippen molar-refractivity contribution >= 4 is 26.8 Å². The van der Waals surface area contributed by atoms with Gasteiger partial charge in [-0.2, -0.15) is 0 Å². The zero-order valence-corrected chi connectivity index (χ0v) is 12.9. The molecule has 6 heteroatoms. The second kappa shape index (κ2) is 5.28. The Morgan fingerprint density at radius 3 is 2.68 bits per heavy atom. The number of hydrogen-bond donors (Lipinski definition) is 1. The number of thioether (sulfide) groups is 1. The Morgan fingerprint density at radius 2 is 2.05 bits per heavy atom. The average Bonchev–Trinajstić information content (AvgIpc) is 2.80. The zero-order chi connectivity index (χ0) is 13.3. The summed E-state index contributed by atoms with van der Waals surface area (Å²) in [6.07, 6.45) is 7.05. The van der Waals surface area contributed by atoms with Gasteiger partial charge in [-0.3, -0.25) is 4.99 Å². The second-order valence-electron chi connectivity index (χ2n) is 6.22. The first kappa shape index (κ1) is 13.7. The fourth-order valence-electron chi connectivity index (χ4n) is 3.38. The molecule has 0 radical (unpaired) electrons. The number of nitrogens with one attached hydrogen (secondary N) is 1. The summed E-state index contributed by atoms with van der Waals surface area (Å²) in [7, 11) is -2.83. The van der Waals surface area contributed by atoms with E-state index in [0.29, 0.717) is 11.2 Å². The van der Waals surface area contributed by atoms with E-state index in [1.807, 2.05) is 0 Å². The van der Waals surface area contributed by atoms with Crippen molar-refractivity contribution in [2.24, 2.45) is 10.4 Å². The van der Waals surface area contributed by atoms with Gasteiger partial charge in [0, 0.05) is 18.3 Å². The van der Waals surface area contributed by atoms with Crippen LogP contribution in [0.25, 0.3) is 0 Å². The fraction of sp³-hybridized carbons (Fsp3) is 0.923. The molecule has 2 aliphatic heterocycles. The largest absolute Gasteiger partial charge is 0.361 e. The molecule has 1 aliphatic carbocycles. The highest BCUT2D eigenvalue weighted by Crippen LogP contribution is 2.43. The molecule has 0 bridgehead atoms. The van der Waals surface area contributed by atoms with Crippen LogP contribution in [0.15, 0.2) is 4.99 Å². The molecule has 2 heterocycles. The van der Waals surface area contributed by atoms with E-state index in [1.54, 1.807) is 11.8 Å². The Kier molecular flexibility index (Phi) is 3.82. The summed E-state index contributed by atoms with van der Waals surface area (Å²) < 4.78 is 23.2.